The molecule has 7 rings (SSSR count). The molecule has 0 saturated heterocycles. The van der Waals surface area contributed by atoms with Gasteiger partial charge in [0.2, 0.25) is 0 Å². The van der Waals surface area contributed by atoms with E-state index in [1.165, 1.54) is 0 Å². The van der Waals surface area contributed by atoms with Crippen molar-refractivity contribution in [2.24, 2.45) is 0 Å². The van der Waals surface area contributed by atoms with Crippen LogP contribution in [0.5, 0.6) is 0 Å². The van der Waals surface area contributed by atoms with Gasteiger partial charge in [-0.3, -0.25) is 9.97 Å². The zero-order valence-electron chi connectivity index (χ0n) is 32.4. The highest BCUT2D eigenvalue weighted by atomic mass is 19.4. The quantitative estimate of drug-likeness (QED) is 0.155. The molecule has 342 valence electrons. The first kappa shape index (κ1) is 47.1. The maximum atomic E-state index is 15.2. The summed E-state index contributed by atoms with van der Waals surface area (Å²) in [6, 6.07) is 10.0. The number of pyridine rings is 2. The van der Waals surface area contributed by atoms with Gasteiger partial charge in [0, 0.05) is 35.9 Å². The normalized spacial score (nSPS) is 13.0. The number of nitrogens with zero attached hydrogens (tertiary/aromatic N) is 2. The van der Waals surface area contributed by atoms with Crippen molar-refractivity contribution in [3.8, 4) is 66.8 Å². The molecule has 0 fully saturated rings. The number of halogens is 18. The van der Waals surface area contributed by atoms with Gasteiger partial charge in [-0.25, -0.2) is 0 Å². The van der Waals surface area contributed by atoms with E-state index in [0.29, 0.717) is 36.4 Å². The highest BCUT2D eigenvalue weighted by Gasteiger charge is 2.45. The van der Waals surface area contributed by atoms with E-state index >= 15 is 26.3 Å². The maximum absolute atomic E-state index is 15.2. The molecule has 2 aromatic heterocycles. The monoisotopic (exact) mass is 944 g/mol. The van der Waals surface area contributed by atoms with Crippen molar-refractivity contribution >= 4 is 0 Å². The summed E-state index contributed by atoms with van der Waals surface area (Å²) in [6.45, 7) is 0. The Kier molecular flexibility index (Phi) is 11.8. The van der Waals surface area contributed by atoms with Crippen LogP contribution in [0.2, 0.25) is 0 Å². The topological polar surface area (TPSA) is 25.8 Å². The summed E-state index contributed by atoms with van der Waals surface area (Å²) in [5.74, 6) is 0. The van der Waals surface area contributed by atoms with E-state index in [1.807, 2.05) is 0 Å². The van der Waals surface area contributed by atoms with E-state index < -0.39 is 137 Å². The van der Waals surface area contributed by atoms with Crippen LogP contribution >= 0.6 is 0 Å². The fourth-order valence-corrected chi connectivity index (χ4v) is 7.53. The Morgan fingerprint density at radius 3 is 0.803 bits per heavy atom. The van der Waals surface area contributed by atoms with Gasteiger partial charge in [0.1, 0.15) is 0 Å². The van der Waals surface area contributed by atoms with Crippen LogP contribution in [0.1, 0.15) is 33.4 Å². The molecule has 0 aliphatic heterocycles. The molecular weight excluding hydrogens is 922 g/mol. The summed E-state index contributed by atoms with van der Waals surface area (Å²) < 4.78 is 269. The van der Waals surface area contributed by atoms with Crippen LogP contribution in [0.4, 0.5) is 79.0 Å². The van der Waals surface area contributed by atoms with E-state index in [4.69, 9.17) is 0 Å². The third-order valence-corrected chi connectivity index (χ3v) is 10.3. The molecule has 0 N–H and O–H groups in total. The number of aromatic nitrogens is 2. The Balaban J connectivity index is 1.79. The Hall–Kier alpha value is -6.86. The minimum absolute atomic E-state index is 0.261. The molecule has 0 radical (unpaired) electrons. The Morgan fingerprint density at radius 2 is 0.515 bits per heavy atom. The molecule has 0 bridgehead atoms. The lowest BCUT2D eigenvalue weighted by Gasteiger charge is -2.26. The van der Waals surface area contributed by atoms with Crippen LogP contribution in [-0.4, -0.2) is 9.97 Å². The third-order valence-electron chi connectivity index (χ3n) is 10.3. The standard InChI is InChI=1S/C46H22F18N2/c47-41(48,49)35-11-3-1-9-25(35)29-17-32(34-16-28(24-8-6-14-66-22-24)38(44(56,57)58)20-40(34)46(62,63)64)30(26-10-2-4-12-36(26)42(50,51)52)18-31(29)33-15-27(23-7-5-13-65-21-23)37(43(53,54)55)19-39(33)45(59,60)61/h1-22H. The van der Waals surface area contributed by atoms with Gasteiger partial charge < -0.3 is 0 Å². The maximum Gasteiger partial charge on any atom is 0.417 e. The van der Waals surface area contributed by atoms with Crippen LogP contribution in [0.15, 0.2) is 134 Å². The summed E-state index contributed by atoms with van der Waals surface area (Å²) in [7, 11) is 0. The second kappa shape index (κ2) is 16.5. The van der Waals surface area contributed by atoms with Crippen molar-refractivity contribution in [3.63, 3.8) is 0 Å². The molecule has 2 nitrogen and oxygen atoms in total. The van der Waals surface area contributed by atoms with Crippen LogP contribution in [0, 0.1) is 0 Å². The fourth-order valence-electron chi connectivity index (χ4n) is 7.53. The number of hydrogen-bond donors (Lipinski definition) is 0. The number of benzene rings is 5. The van der Waals surface area contributed by atoms with E-state index in [2.05, 4.69) is 9.97 Å². The molecule has 0 aliphatic carbocycles. The SMILES string of the molecule is FC(F)(F)c1cc(C(F)(F)F)c(-c2cc(-c3ccccc3C(F)(F)F)c(-c3cc(-c4cccnc4)c(C(F)(F)F)cc3C(F)(F)F)cc2-c2ccccc2C(F)(F)F)cc1-c1cccnc1. The minimum atomic E-state index is -5.83. The van der Waals surface area contributed by atoms with Crippen molar-refractivity contribution in [2.75, 3.05) is 0 Å². The first-order valence-electron chi connectivity index (χ1n) is 18.5. The summed E-state index contributed by atoms with van der Waals surface area (Å²) in [6.07, 6.45) is -30.0. The second-order valence-electron chi connectivity index (χ2n) is 14.4. The predicted molar refractivity (Wildman–Crippen MR) is 205 cm³/mol. The number of rotatable bonds is 6. The van der Waals surface area contributed by atoms with Gasteiger partial charge in [0.15, 0.2) is 0 Å². The van der Waals surface area contributed by atoms with E-state index in [1.54, 1.807) is 0 Å². The van der Waals surface area contributed by atoms with Crippen molar-refractivity contribution in [2.45, 2.75) is 37.1 Å². The summed E-state index contributed by atoms with van der Waals surface area (Å²) in [5.41, 5.74) is -24.4. The minimum Gasteiger partial charge on any atom is -0.264 e. The summed E-state index contributed by atoms with van der Waals surface area (Å²) in [5, 5.41) is 0. The molecule has 66 heavy (non-hydrogen) atoms. The van der Waals surface area contributed by atoms with Crippen molar-refractivity contribution in [1.82, 2.24) is 9.97 Å². The second-order valence-corrected chi connectivity index (χ2v) is 14.4. The summed E-state index contributed by atoms with van der Waals surface area (Å²) >= 11 is 0. The largest absolute Gasteiger partial charge is 0.417 e. The lowest BCUT2D eigenvalue weighted by Crippen LogP contribution is -2.15. The Labute approximate surface area is 359 Å². The average Bonchev–Trinajstić information content (AvgIpc) is 3.24. The van der Waals surface area contributed by atoms with Crippen molar-refractivity contribution < 1.29 is 79.0 Å². The van der Waals surface area contributed by atoms with Gasteiger partial charge >= 0.3 is 37.1 Å². The fraction of sp³-hybridized carbons (Fsp3) is 0.130. The van der Waals surface area contributed by atoms with Gasteiger partial charge in [-0.15, -0.1) is 0 Å². The average molecular weight is 945 g/mol. The molecule has 7 aromatic rings. The lowest BCUT2D eigenvalue weighted by molar-refractivity contribution is -0.144. The van der Waals surface area contributed by atoms with Gasteiger partial charge in [-0.2, -0.15) is 79.0 Å². The van der Waals surface area contributed by atoms with E-state index in [-0.39, 0.29) is 24.3 Å². The molecule has 0 unspecified atom stereocenters. The zero-order valence-corrected chi connectivity index (χ0v) is 32.4. The lowest BCUT2D eigenvalue weighted by atomic mass is 9.80. The van der Waals surface area contributed by atoms with Crippen LogP contribution in [0.3, 0.4) is 0 Å². The van der Waals surface area contributed by atoms with Gasteiger partial charge in [-0.1, -0.05) is 48.5 Å². The number of hydrogen-bond acceptors (Lipinski definition) is 2. The van der Waals surface area contributed by atoms with Crippen molar-refractivity contribution in [3.05, 3.63) is 167 Å². The van der Waals surface area contributed by atoms with Crippen LogP contribution in [-0.2, 0) is 37.1 Å². The molecule has 0 amide bonds. The first-order valence-corrected chi connectivity index (χ1v) is 18.5. The molecule has 0 aliphatic rings. The first-order chi connectivity index (χ1) is 30.6. The highest BCUT2D eigenvalue weighted by molar-refractivity contribution is 5.99. The number of alkyl halides is 18. The van der Waals surface area contributed by atoms with Gasteiger partial charge in [-0.05, 0) is 116 Å². The van der Waals surface area contributed by atoms with Crippen LogP contribution in [0.25, 0.3) is 66.8 Å². The van der Waals surface area contributed by atoms with E-state index in [9.17, 15) is 52.7 Å². The van der Waals surface area contributed by atoms with Gasteiger partial charge in [0.25, 0.3) is 0 Å². The highest BCUT2D eigenvalue weighted by Crippen LogP contribution is 2.54. The predicted octanol–water partition coefficient (Wildman–Crippen LogP) is 16.6. The molecule has 0 atom stereocenters. The molecule has 2 heterocycles. The van der Waals surface area contributed by atoms with Crippen molar-refractivity contribution in [1.29, 1.82) is 0 Å². The molecule has 0 saturated carbocycles. The van der Waals surface area contributed by atoms with E-state index in [0.717, 1.165) is 73.3 Å². The smallest absolute Gasteiger partial charge is 0.264 e. The zero-order chi connectivity index (χ0) is 48.4. The molecule has 20 heteroatoms. The van der Waals surface area contributed by atoms with Gasteiger partial charge in [0.05, 0.1) is 33.4 Å². The summed E-state index contributed by atoms with van der Waals surface area (Å²) in [4.78, 5) is 7.37. The molecule has 5 aromatic carbocycles. The Bertz CT molecular complexity index is 2720. The molecule has 0 spiro atoms. The molecular formula is C46H22F18N2. The third kappa shape index (κ3) is 9.30. The Morgan fingerprint density at radius 1 is 0.242 bits per heavy atom. The van der Waals surface area contributed by atoms with Crippen LogP contribution < -0.4 is 0 Å².